The number of hydrogen-bond donors (Lipinski definition) is 4. The number of carboxylic acid groups (broad SMARTS) is 1. The number of halogens is 1. The first kappa shape index (κ1) is 15.9. The topological polar surface area (TPSA) is 98.7 Å². The van der Waals surface area contributed by atoms with E-state index in [1.807, 2.05) is 0 Å². The van der Waals surface area contributed by atoms with Crippen molar-refractivity contribution in [2.75, 3.05) is 13.2 Å². The maximum absolute atomic E-state index is 12.7. The summed E-state index contributed by atoms with van der Waals surface area (Å²) in [5.41, 5.74) is 0.741. The number of urea groups is 1. The van der Waals surface area contributed by atoms with Gasteiger partial charge >= 0.3 is 12.0 Å². The van der Waals surface area contributed by atoms with Crippen LogP contribution in [-0.2, 0) is 11.3 Å². The Morgan fingerprint density at radius 2 is 1.85 bits per heavy atom. The lowest BCUT2D eigenvalue weighted by atomic mass is 10.1. The Morgan fingerprint density at radius 1 is 1.20 bits per heavy atom. The average molecular weight is 284 g/mol. The van der Waals surface area contributed by atoms with Crippen LogP contribution in [0.2, 0.25) is 0 Å². The normalized spacial score (nSPS) is 11.7. The second kappa shape index (κ2) is 8.11. The third-order valence-electron chi connectivity index (χ3n) is 2.64. The van der Waals surface area contributed by atoms with Crippen molar-refractivity contribution in [1.29, 1.82) is 0 Å². The maximum atomic E-state index is 12.7. The van der Waals surface area contributed by atoms with Crippen LogP contribution < -0.4 is 10.6 Å². The Labute approximate surface area is 115 Å². The first-order valence-corrected chi connectivity index (χ1v) is 6.10. The fourth-order valence-corrected chi connectivity index (χ4v) is 1.53. The van der Waals surface area contributed by atoms with Gasteiger partial charge in [0.25, 0.3) is 0 Å². The molecule has 1 aromatic rings. The van der Waals surface area contributed by atoms with E-state index in [1.165, 1.54) is 12.1 Å². The van der Waals surface area contributed by atoms with Crippen LogP contribution in [0.4, 0.5) is 9.18 Å². The molecule has 1 aromatic carbocycles. The molecular weight excluding hydrogens is 267 g/mol. The fourth-order valence-electron chi connectivity index (χ4n) is 1.53. The Balaban J connectivity index is 2.29. The average Bonchev–Trinajstić information content (AvgIpc) is 2.42. The molecule has 0 saturated carbocycles. The van der Waals surface area contributed by atoms with Gasteiger partial charge in [-0.2, -0.15) is 0 Å². The molecule has 0 bridgehead atoms. The molecular formula is C13H17FN2O4. The van der Waals surface area contributed by atoms with E-state index in [0.717, 1.165) is 5.56 Å². The first-order valence-electron chi connectivity index (χ1n) is 6.10. The molecule has 1 rings (SSSR count). The summed E-state index contributed by atoms with van der Waals surface area (Å²) in [6.07, 6.45) is -0.214. The number of hydrogen-bond acceptors (Lipinski definition) is 3. The van der Waals surface area contributed by atoms with E-state index in [4.69, 9.17) is 10.2 Å². The van der Waals surface area contributed by atoms with Crippen LogP contribution >= 0.6 is 0 Å². The summed E-state index contributed by atoms with van der Waals surface area (Å²) in [4.78, 5) is 21.9. The number of aliphatic hydroxyl groups is 1. The molecule has 0 spiro atoms. The largest absolute Gasteiger partial charge is 0.481 e. The maximum Gasteiger partial charge on any atom is 0.315 e. The molecule has 7 heteroatoms. The van der Waals surface area contributed by atoms with Gasteiger partial charge in [-0.3, -0.25) is 4.79 Å². The van der Waals surface area contributed by atoms with Crippen molar-refractivity contribution in [2.45, 2.75) is 13.0 Å². The third-order valence-corrected chi connectivity index (χ3v) is 2.64. The van der Waals surface area contributed by atoms with Crippen molar-refractivity contribution in [3.63, 3.8) is 0 Å². The van der Waals surface area contributed by atoms with Crippen LogP contribution in [0, 0.1) is 11.7 Å². The van der Waals surface area contributed by atoms with Crippen LogP contribution in [0.1, 0.15) is 12.0 Å². The van der Waals surface area contributed by atoms with Crippen molar-refractivity contribution >= 4 is 12.0 Å². The molecule has 0 saturated heterocycles. The summed E-state index contributed by atoms with van der Waals surface area (Å²) < 4.78 is 12.7. The van der Waals surface area contributed by atoms with Crippen molar-refractivity contribution in [2.24, 2.45) is 5.92 Å². The standard InChI is InChI=1S/C13H17FN2O4/c14-11-3-1-9(2-4-11)6-15-13(20)16-7-10(8-17)5-12(18)19/h1-4,10,17H,5-8H2,(H,18,19)(H2,15,16,20). The number of benzene rings is 1. The highest BCUT2D eigenvalue weighted by molar-refractivity contribution is 5.74. The summed E-state index contributed by atoms with van der Waals surface area (Å²) in [6.45, 7) is -0.0164. The van der Waals surface area contributed by atoms with Gasteiger partial charge in [0, 0.05) is 25.6 Å². The second-order valence-electron chi connectivity index (χ2n) is 4.34. The SMILES string of the molecule is O=C(O)CC(CO)CNC(=O)NCc1ccc(F)cc1. The predicted octanol–water partition coefficient (Wildman–Crippen LogP) is 0.708. The number of carbonyl (C=O) groups excluding carboxylic acids is 1. The van der Waals surface area contributed by atoms with E-state index in [0.29, 0.717) is 0 Å². The molecule has 20 heavy (non-hydrogen) atoms. The Morgan fingerprint density at radius 3 is 2.40 bits per heavy atom. The van der Waals surface area contributed by atoms with Crippen molar-refractivity contribution in [1.82, 2.24) is 10.6 Å². The molecule has 4 N–H and O–H groups in total. The van der Waals surface area contributed by atoms with E-state index >= 15 is 0 Å². The molecule has 1 unspecified atom stereocenters. The van der Waals surface area contributed by atoms with Crippen LogP contribution in [0.3, 0.4) is 0 Å². The number of aliphatic hydroxyl groups excluding tert-OH is 1. The van der Waals surface area contributed by atoms with Gasteiger partial charge in [-0.25, -0.2) is 9.18 Å². The fraction of sp³-hybridized carbons (Fsp3) is 0.385. The molecule has 0 fully saturated rings. The van der Waals surface area contributed by atoms with Crippen molar-refractivity contribution in [3.8, 4) is 0 Å². The van der Waals surface area contributed by atoms with Crippen LogP contribution in [0.5, 0.6) is 0 Å². The Hall–Kier alpha value is -2.15. The zero-order chi connectivity index (χ0) is 15.0. The summed E-state index contributed by atoms with van der Waals surface area (Å²) in [5.74, 6) is -1.90. The van der Waals surface area contributed by atoms with Crippen molar-refractivity contribution < 1.29 is 24.2 Å². The van der Waals surface area contributed by atoms with Gasteiger partial charge in [-0.1, -0.05) is 12.1 Å². The quantitative estimate of drug-likeness (QED) is 0.592. The van der Waals surface area contributed by atoms with Gasteiger partial charge in [0.1, 0.15) is 5.82 Å². The third kappa shape index (κ3) is 6.14. The van der Waals surface area contributed by atoms with Gasteiger partial charge in [0.15, 0.2) is 0 Å². The van der Waals surface area contributed by atoms with Gasteiger partial charge in [0.05, 0.1) is 6.42 Å². The zero-order valence-corrected chi connectivity index (χ0v) is 10.8. The number of nitrogens with one attached hydrogen (secondary N) is 2. The second-order valence-corrected chi connectivity index (χ2v) is 4.34. The highest BCUT2D eigenvalue weighted by atomic mass is 19.1. The molecule has 0 heterocycles. The van der Waals surface area contributed by atoms with E-state index in [-0.39, 0.29) is 31.9 Å². The molecule has 0 aliphatic carbocycles. The minimum Gasteiger partial charge on any atom is -0.481 e. The van der Waals surface area contributed by atoms with Crippen molar-refractivity contribution in [3.05, 3.63) is 35.6 Å². The predicted molar refractivity (Wildman–Crippen MR) is 69.5 cm³/mol. The molecule has 6 nitrogen and oxygen atoms in total. The van der Waals surface area contributed by atoms with E-state index in [9.17, 15) is 14.0 Å². The molecule has 0 aromatic heterocycles. The molecule has 2 amide bonds. The number of carbonyl (C=O) groups is 2. The highest BCUT2D eigenvalue weighted by Gasteiger charge is 2.13. The van der Waals surface area contributed by atoms with Gasteiger partial charge in [-0.15, -0.1) is 0 Å². The number of carboxylic acids is 1. The Bertz CT molecular complexity index is 450. The summed E-state index contributed by atoms with van der Waals surface area (Å²) in [5, 5.41) is 22.6. The molecule has 0 radical (unpaired) electrons. The molecule has 110 valence electrons. The van der Waals surface area contributed by atoms with Crippen LogP contribution in [0.15, 0.2) is 24.3 Å². The first-order chi connectivity index (χ1) is 9.51. The van der Waals surface area contributed by atoms with Gasteiger partial charge in [0.2, 0.25) is 0 Å². The lowest BCUT2D eigenvalue weighted by Crippen LogP contribution is -2.39. The summed E-state index contributed by atoms with van der Waals surface area (Å²) in [6, 6.07) is 5.22. The van der Waals surface area contributed by atoms with Crippen LogP contribution in [-0.4, -0.2) is 35.4 Å². The number of rotatable bonds is 7. The highest BCUT2D eigenvalue weighted by Crippen LogP contribution is 2.02. The molecule has 0 aliphatic rings. The monoisotopic (exact) mass is 284 g/mol. The van der Waals surface area contributed by atoms with E-state index < -0.39 is 17.9 Å². The van der Waals surface area contributed by atoms with E-state index in [1.54, 1.807) is 12.1 Å². The number of aliphatic carboxylic acids is 1. The van der Waals surface area contributed by atoms with Gasteiger partial charge in [-0.05, 0) is 17.7 Å². The number of amides is 2. The van der Waals surface area contributed by atoms with Gasteiger partial charge < -0.3 is 20.8 Å². The smallest absolute Gasteiger partial charge is 0.315 e. The minimum atomic E-state index is -1.03. The lowest BCUT2D eigenvalue weighted by molar-refractivity contribution is -0.138. The lowest BCUT2D eigenvalue weighted by Gasteiger charge is -2.13. The van der Waals surface area contributed by atoms with E-state index in [2.05, 4.69) is 10.6 Å². The minimum absolute atomic E-state index is 0.0675. The Kier molecular flexibility index (Phi) is 6.45. The summed E-state index contributed by atoms with van der Waals surface area (Å²) >= 11 is 0. The molecule has 1 atom stereocenters. The summed E-state index contributed by atoms with van der Waals surface area (Å²) in [7, 11) is 0. The van der Waals surface area contributed by atoms with Crippen LogP contribution in [0.25, 0.3) is 0 Å². The zero-order valence-electron chi connectivity index (χ0n) is 10.8. The molecule has 0 aliphatic heterocycles.